The first-order valence-electron chi connectivity index (χ1n) is 5.99. The Morgan fingerprint density at radius 2 is 2.06 bits per heavy atom. The third kappa shape index (κ3) is 4.56. The minimum absolute atomic E-state index is 0.0169. The molecule has 5 nitrogen and oxygen atoms in total. The molecule has 1 heterocycles. The summed E-state index contributed by atoms with van der Waals surface area (Å²) in [5, 5.41) is 5.42. The van der Waals surface area contributed by atoms with Crippen LogP contribution in [0.25, 0.3) is 0 Å². The van der Waals surface area contributed by atoms with Gasteiger partial charge >= 0.3 is 0 Å². The third-order valence-corrected chi connectivity index (χ3v) is 3.02. The highest BCUT2D eigenvalue weighted by atomic mass is 16.2. The molecule has 2 amide bonds. The van der Waals surface area contributed by atoms with Crippen LogP contribution in [0.3, 0.4) is 0 Å². The van der Waals surface area contributed by atoms with Gasteiger partial charge in [0.2, 0.25) is 11.8 Å². The Morgan fingerprint density at radius 3 is 2.59 bits per heavy atom. The van der Waals surface area contributed by atoms with Gasteiger partial charge in [0.1, 0.15) is 0 Å². The normalized spacial score (nSPS) is 17.5. The summed E-state index contributed by atoms with van der Waals surface area (Å²) >= 11 is 0. The number of carbonyl (C=O) groups is 2. The van der Waals surface area contributed by atoms with E-state index in [1.54, 1.807) is 13.1 Å². The average Bonchev–Trinajstić information content (AvgIpc) is 2.36. The van der Waals surface area contributed by atoms with Gasteiger partial charge in [-0.2, -0.15) is 0 Å². The van der Waals surface area contributed by atoms with E-state index in [4.69, 9.17) is 0 Å². The number of hydrogen-bond acceptors (Lipinski definition) is 3. The summed E-state index contributed by atoms with van der Waals surface area (Å²) in [4.78, 5) is 25.0. The van der Waals surface area contributed by atoms with E-state index in [-0.39, 0.29) is 17.7 Å². The molecule has 1 rings (SSSR count). The molecule has 1 aliphatic heterocycles. The smallest absolute Gasteiger partial charge is 0.234 e. The van der Waals surface area contributed by atoms with Crippen molar-refractivity contribution in [2.45, 2.75) is 12.8 Å². The lowest BCUT2D eigenvalue weighted by Gasteiger charge is -2.30. The lowest BCUT2D eigenvalue weighted by Crippen LogP contribution is -2.44. The zero-order valence-electron chi connectivity index (χ0n) is 10.4. The lowest BCUT2D eigenvalue weighted by molar-refractivity contribution is -0.126. The number of hydrogen-bond donors (Lipinski definition) is 2. The molecule has 5 heteroatoms. The molecule has 0 atom stereocenters. The number of piperidine rings is 1. The summed E-state index contributed by atoms with van der Waals surface area (Å²) in [6.45, 7) is 6.07. The van der Waals surface area contributed by atoms with E-state index in [9.17, 15) is 9.59 Å². The second kappa shape index (κ2) is 7.06. The molecule has 17 heavy (non-hydrogen) atoms. The first kappa shape index (κ1) is 13.7. The summed E-state index contributed by atoms with van der Waals surface area (Å²) in [7, 11) is 1.66. The molecular weight excluding hydrogens is 218 g/mol. The summed E-state index contributed by atoms with van der Waals surface area (Å²) in [6.07, 6.45) is 3.32. The van der Waals surface area contributed by atoms with Crippen LogP contribution in [0.5, 0.6) is 0 Å². The van der Waals surface area contributed by atoms with Crippen LogP contribution >= 0.6 is 0 Å². The molecule has 1 fully saturated rings. The molecule has 0 bridgehead atoms. The summed E-state index contributed by atoms with van der Waals surface area (Å²) < 4.78 is 0. The number of nitrogens with zero attached hydrogens (tertiary/aromatic N) is 1. The second-order valence-corrected chi connectivity index (χ2v) is 4.26. The summed E-state index contributed by atoms with van der Waals surface area (Å²) in [5.41, 5.74) is 0. The predicted molar refractivity (Wildman–Crippen MR) is 66.4 cm³/mol. The maximum absolute atomic E-state index is 11.5. The van der Waals surface area contributed by atoms with Crippen molar-refractivity contribution in [3.8, 4) is 0 Å². The van der Waals surface area contributed by atoms with Crippen LogP contribution < -0.4 is 10.6 Å². The predicted octanol–water partition coefficient (Wildman–Crippen LogP) is -0.253. The van der Waals surface area contributed by atoms with Crippen LogP contribution in [0.1, 0.15) is 12.8 Å². The maximum Gasteiger partial charge on any atom is 0.234 e. The zero-order chi connectivity index (χ0) is 12.7. The number of amides is 2. The maximum atomic E-state index is 11.5. The third-order valence-electron chi connectivity index (χ3n) is 3.02. The number of rotatable bonds is 5. The Kier molecular flexibility index (Phi) is 5.69. The van der Waals surface area contributed by atoms with Gasteiger partial charge < -0.3 is 10.6 Å². The Balaban J connectivity index is 2.25. The first-order valence-corrected chi connectivity index (χ1v) is 5.99. The van der Waals surface area contributed by atoms with Crippen molar-refractivity contribution in [3.05, 3.63) is 12.7 Å². The molecule has 0 aromatic heterocycles. The molecule has 0 radical (unpaired) electrons. The van der Waals surface area contributed by atoms with Crippen LogP contribution in [0.2, 0.25) is 0 Å². The molecule has 0 unspecified atom stereocenters. The molecule has 1 saturated heterocycles. The topological polar surface area (TPSA) is 61.4 Å². The quantitative estimate of drug-likeness (QED) is 0.650. The van der Waals surface area contributed by atoms with Crippen molar-refractivity contribution in [1.82, 2.24) is 15.5 Å². The molecule has 0 aromatic rings. The van der Waals surface area contributed by atoms with Gasteiger partial charge in [0, 0.05) is 19.5 Å². The van der Waals surface area contributed by atoms with Gasteiger partial charge in [-0.05, 0) is 25.9 Å². The zero-order valence-corrected chi connectivity index (χ0v) is 10.4. The highest BCUT2D eigenvalue weighted by Gasteiger charge is 2.24. The number of likely N-dealkylation sites (tertiary alicyclic amines) is 1. The Hall–Kier alpha value is -1.36. The molecule has 0 aliphatic carbocycles. The van der Waals surface area contributed by atoms with E-state index in [0.717, 1.165) is 25.9 Å². The van der Waals surface area contributed by atoms with Crippen LogP contribution in [-0.2, 0) is 9.59 Å². The van der Waals surface area contributed by atoms with Gasteiger partial charge in [-0.3, -0.25) is 14.5 Å². The van der Waals surface area contributed by atoms with Crippen molar-refractivity contribution in [1.29, 1.82) is 0 Å². The van der Waals surface area contributed by atoms with Crippen molar-refractivity contribution < 1.29 is 9.59 Å². The highest BCUT2D eigenvalue weighted by molar-refractivity contribution is 5.79. The van der Waals surface area contributed by atoms with E-state index in [2.05, 4.69) is 22.1 Å². The number of carbonyl (C=O) groups excluding carboxylic acids is 2. The first-order chi connectivity index (χ1) is 8.17. The fourth-order valence-corrected chi connectivity index (χ4v) is 2.00. The number of nitrogens with one attached hydrogen (secondary N) is 2. The molecule has 96 valence electrons. The Labute approximate surface area is 102 Å². The van der Waals surface area contributed by atoms with Crippen molar-refractivity contribution >= 4 is 11.8 Å². The highest BCUT2D eigenvalue weighted by Crippen LogP contribution is 2.16. The molecule has 2 N–H and O–H groups in total. The van der Waals surface area contributed by atoms with E-state index >= 15 is 0 Å². The van der Waals surface area contributed by atoms with E-state index in [0.29, 0.717) is 13.1 Å². The van der Waals surface area contributed by atoms with Crippen LogP contribution in [0.15, 0.2) is 12.7 Å². The summed E-state index contributed by atoms with van der Waals surface area (Å²) in [5.74, 6) is 0.233. The van der Waals surface area contributed by atoms with Gasteiger partial charge in [-0.15, -0.1) is 6.58 Å². The van der Waals surface area contributed by atoms with Crippen molar-refractivity contribution in [2.24, 2.45) is 5.92 Å². The van der Waals surface area contributed by atoms with Gasteiger partial charge in [-0.1, -0.05) is 6.08 Å². The average molecular weight is 239 g/mol. The van der Waals surface area contributed by atoms with Crippen molar-refractivity contribution in [2.75, 3.05) is 33.2 Å². The van der Waals surface area contributed by atoms with E-state index in [1.165, 1.54) is 0 Å². The van der Waals surface area contributed by atoms with Crippen LogP contribution in [-0.4, -0.2) is 49.9 Å². The monoisotopic (exact) mass is 239 g/mol. The minimum atomic E-state index is 0.0169. The van der Waals surface area contributed by atoms with Gasteiger partial charge in [0.15, 0.2) is 0 Å². The van der Waals surface area contributed by atoms with E-state index in [1.807, 2.05) is 0 Å². The largest absolute Gasteiger partial charge is 0.359 e. The van der Waals surface area contributed by atoms with Crippen molar-refractivity contribution in [3.63, 3.8) is 0 Å². The Morgan fingerprint density at radius 1 is 1.41 bits per heavy atom. The van der Waals surface area contributed by atoms with E-state index < -0.39 is 0 Å². The molecule has 1 aliphatic rings. The fourth-order valence-electron chi connectivity index (χ4n) is 2.00. The SMILES string of the molecule is C=CCNC(=O)CN1CCC(C(=O)NC)CC1. The fraction of sp³-hybridized carbons (Fsp3) is 0.667. The van der Waals surface area contributed by atoms with Crippen LogP contribution in [0, 0.1) is 5.92 Å². The van der Waals surface area contributed by atoms with Gasteiger partial charge in [0.05, 0.1) is 6.54 Å². The van der Waals surface area contributed by atoms with Gasteiger partial charge in [0.25, 0.3) is 0 Å². The second-order valence-electron chi connectivity index (χ2n) is 4.26. The van der Waals surface area contributed by atoms with Crippen LogP contribution in [0.4, 0.5) is 0 Å². The molecular formula is C12H21N3O2. The Bertz CT molecular complexity index is 283. The molecule has 0 saturated carbocycles. The molecule has 0 aromatic carbocycles. The standard InChI is InChI=1S/C12H21N3O2/c1-3-6-14-11(16)9-15-7-4-10(5-8-15)12(17)13-2/h3,10H,1,4-9H2,2H3,(H,13,17)(H,14,16). The molecule has 0 spiro atoms. The van der Waals surface area contributed by atoms with Gasteiger partial charge in [-0.25, -0.2) is 0 Å². The minimum Gasteiger partial charge on any atom is -0.359 e. The summed E-state index contributed by atoms with van der Waals surface area (Å²) in [6, 6.07) is 0. The lowest BCUT2D eigenvalue weighted by atomic mass is 9.96.